The second kappa shape index (κ2) is 11.5. The topological polar surface area (TPSA) is 127 Å². The van der Waals surface area contributed by atoms with Gasteiger partial charge >= 0.3 is 11.8 Å². The molecule has 0 unspecified atom stereocenters. The molecule has 33 heavy (non-hydrogen) atoms. The highest BCUT2D eigenvalue weighted by Crippen LogP contribution is 2.33. The summed E-state index contributed by atoms with van der Waals surface area (Å²) in [6, 6.07) is 10.4. The van der Waals surface area contributed by atoms with E-state index < -0.39 is 11.8 Å². The Labute approximate surface area is 204 Å². The van der Waals surface area contributed by atoms with Crippen LogP contribution in [0.1, 0.15) is 18.4 Å². The quantitative estimate of drug-likeness (QED) is 0.185. The molecule has 0 heterocycles. The number of nitrogens with zero attached hydrogens (tertiary/aromatic N) is 1. The molecular formula is C22H23IN4O6. The average molecular weight is 566 g/mol. The van der Waals surface area contributed by atoms with Crippen LogP contribution in [0.2, 0.25) is 0 Å². The smallest absolute Gasteiger partial charge is 0.329 e. The summed E-state index contributed by atoms with van der Waals surface area (Å²) < 4.78 is 16.8. The van der Waals surface area contributed by atoms with Crippen LogP contribution >= 0.6 is 22.6 Å². The number of anilines is 1. The summed E-state index contributed by atoms with van der Waals surface area (Å²) in [4.78, 5) is 35.6. The molecule has 174 valence electrons. The fourth-order valence-corrected chi connectivity index (χ4v) is 3.44. The Hall–Kier alpha value is -3.35. The van der Waals surface area contributed by atoms with E-state index in [9.17, 15) is 14.4 Å². The van der Waals surface area contributed by atoms with Crippen LogP contribution < -0.4 is 30.3 Å². The van der Waals surface area contributed by atoms with E-state index >= 15 is 0 Å². The summed E-state index contributed by atoms with van der Waals surface area (Å²) in [5, 5.41) is 9.13. The third kappa shape index (κ3) is 7.34. The van der Waals surface area contributed by atoms with Gasteiger partial charge in [-0.3, -0.25) is 14.4 Å². The van der Waals surface area contributed by atoms with Crippen LogP contribution in [0.4, 0.5) is 5.69 Å². The Morgan fingerprint density at radius 3 is 2.45 bits per heavy atom. The van der Waals surface area contributed by atoms with E-state index in [1.54, 1.807) is 43.5 Å². The molecule has 0 aliphatic heterocycles. The SMILES string of the molecule is COc1ccc(NC(=O)COc2c(I)cc(/C=N\NC(=O)C(=O)NC3CC3)cc2OC)cc1. The number of hydrogen-bond acceptors (Lipinski definition) is 7. The first kappa shape index (κ1) is 24.3. The molecule has 2 aromatic rings. The number of hydrazone groups is 1. The van der Waals surface area contributed by atoms with Crippen LogP contribution in [0.25, 0.3) is 0 Å². The van der Waals surface area contributed by atoms with Crippen LogP contribution in [0.3, 0.4) is 0 Å². The van der Waals surface area contributed by atoms with E-state index in [0.29, 0.717) is 32.1 Å². The molecule has 0 bridgehead atoms. The number of rotatable bonds is 9. The molecule has 1 aliphatic rings. The molecule has 1 saturated carbocycles. The van der Waals surface area contributed by atoms with Crippen molar-refractivity contribution in [2.24, 2.45) is 5.10 Å². The average Bonchev–Trinajstić information content (AvgIpc) is 3.62. The summed E-state index contributed by atoms with van der Waals surface area (Å²) in [6.45, 7) is -0.224. The molecule has 0 atom stereocenters. The lowest BCUT2D eigenvalue weighted by Crippen LogP contribution is -2.38. The molecule has 0 radical (unpaired) electrons. The lowest BCUT2D eigenvalue weighted by Gasteiger charge is -2.13. The fourth-order valence-electron chi connectivity index (χ4n) is 2.66. The van der Waals surface area contributed by atoms with Gasteiger partial charge in [-0.25, -0.2) is 5.43 Å². The Kier molecular flexibility index (Phi) is 8.46. The van der Waals surface area contributed by atoms with Gasteiger partial charge in [-0.1, -0.05) is 0 Å². The van der Waals surface area contributed by atoms with E-state index in [1.807, 2.05) is 22.6 Å². The van der Waals surface area contributed by atoms with Gasteiger partial charge in [0.15, 0.2) is 18.1 Å². The number of hydrogen-bond donors (Lipinski definition) is 3. The van der Waals surface area contributed by atoms with Crippen LogP contribution in [-0.2, 0) is 14.4 Å². The first-order valence-electron chi connectivity index (χ1n) is 9.97. The maximum Gasteiger partial charge on any atom is 0.329 e. The van der Waals surface area contributed by atoms with E-state index in [-0.39, 0.29) is 18.6 Å². The van der Waals surface area contributed by atoms with Gasteiger partial charge in [0, 0.05) is 11.7 Å². The van der Waals surface area contributed by atoms with Crippen LogP contribution in [0.15, 0.2) is 41.5 Å². The van der Waals surface area contributed by atoms with Gasteiger partial charge in [-0.05, 0) is 77.4 Å². The third-order valence-corrected chi connectivity index (χ3v) is 5.27. The van der Waals surface area contributed by atoms with Gasteiger partial charge < -0.3 is 24.8 Å². The number of carbonyl (C=O) groups excluding carboxylic acids is 3. The first-order chi connectivity index (χ1) is 15.9. The van der Waals surface area contributed by atoms with Crippen molar-refractivity contribution in [2.75, 3.05) is 26.1 Å². The van der Waals surface area contributed by atoms with Crippen LogP contribution in [0, 0.1) is 3.57 Å². The third-order valence-electron chi connectivity index (χ3n) is 4.47. The second-order valence-electron chi connectivity index (χ2n) is 7.05. The number of benzene rings is 2. The lowest BCUT2D eigenvalue weighted by molar-refractivity contribution is -0.139. The predicted molar refractivity (Wildman–Crippen MR) is 130 cm³/mol. The molecular weight excluding hydrogens is 543 g/mol. The highest BCUT2D eigenvalue weighted by atomic mass is 127. The minimum absolute atomic E-state index is 0.0869. The summed E-state index contributed by atoms with van der Waals surface area (Å²) in [5.74, 6) is -0.406. The lowest BCUT2D eigenvalue weighted by atomic mass is 10.2. The highest BCUT2D eigenvalue weighted by Gasteiger charge is 2.26. The summed E-state index contributed by atoms with van der Waals surface area (Å²) in [5.41, 5.74) is 3.41. The van der Waals surface area contributed by atoms with E-state index in [4.69, 9.17) is 14.2 Å². The number of halogens is 1. The number of amides is 3. The van der Waals surface area contributed by atoms with Crippen molar-refractivity contribution in [3.05, 3.63) is 45.5 Å². The standard InChI is InChI=1S/C22H23IN4O6/c1-31-16-7-5-14(6-8-16)25-19(28)12-33-20-17(23)9-13(10-18(20)32-2)11-24-27-22(30)21(29)26-15-3-4-15/h5-11,15H,3-4,12H2,1-2H3,(H,25,28)(H,26,29)(H,27,30)/b24-11-. The first-order valence-corrected chi connectivity index (χ1v) is 11.1. The normalized spacial score (nSPS) is 12.7. The molecule has 0 aromatic heterocycles. The van der Waals surface area contributed by atoms with Gasteiger partial charge in [-0.15, -0.1) is 0 Å². The Morgan fingerprint density at radius 1 is 1.09 bits per heavy atom. The number of ether oxygens (including phenoxy) is 3. The van der Waals surface area contributed by atoms with Gasteiger partial charge in [0.2, 0.25) is 0 Å². The van der Waals surface area contributed by atoms with Gasteiger partial charge in [0.1, 0.15) is 5.75 Å². The van der Waals surface area contributed by atoms with Crippen LogP contribution in [-0.4, -0.2) is 50.8 Å². The second-order valence-corrected chi connectivity index (χ2v) is 8.21. The summed E-state index contributed by atoms with van der Waals surface area (Å²) in [7, 11) is 3.04. The van der Waals surface area contributed by atoms with Gasteiger partial charge in [-0.2, -0.15) is 5.10 Å². The molecule has 2 aromatic carbocycles. The van der Waals surface area contributed by atoms with Crippen LogP contribution in [0.5, 0.6) is 17.2 Å². The molecule has 0 spiro atoms. The minimum Gasteiger partial charge on any atom is -0.497 e. The van der Waals surface area contributed by atoms with Gasteiger partial charge in [0.05, 0.1) is 24.0 Å². The van der Waals surface area contributed by atoms with Crippen molar-refractivity contribution >= 4 is 52.2 Å². The monoisotopic (exact) mass is 566 g/mol. The van der Waals surface area contributed by atoms with E-state index in [1.165, 1.54) is 13.3 Å². The highest BCUT2D eigenvalue weighted by molar-refractivity contribution is 14.1. The molecule has 3 rings (SSSR count). The molecule has 3 N–H and O–H groups in total. The summed E-state index contributed by atoms with van der Waals surface area (Å²) >= 11 is 2.05. The van der Waals surface area contributed by atoms with Crippen molar-refractivity contribution in [1.29, 1.82) is 0 Å². The van der Waals surface area contributed by atoms with Crippen molar-refractivity contribution in [1.82, 2.24) is 10.7 Å². The molecule has 11 heteroatoms. The maximum atomic E-state index is 12.2. The number of carbonyl (C=O) groups is 3. The molecule has 1 aliphatic carbocycles. The molecule has 3 amide bonds. The zero-order valence-electron chi connectivity index (χ0n) is 18.0. The van der Waals surface area contributed by atoms with E-state index in [0.717, 1.165) is 12.8 Å². The molecule has 10 nitrogen and oxygen atoms in total. The zero-order valence-corrected chi connectivity index (χ0v) is 20.2. The molecule has 1 fully saturated rings. The maximum absolute atomic E-state index is 12.2. The Balaban J connectivity index is 1.56. The van der Waals surface area contributed by atoms with Crippen molar-refractivity contribution in [3.63, 3.8) is 0 Å². The fraction of sp³-hybridized carbons (Fsp3) is 0.273. The Bertz CT molecular complexity index is 1050. The Morgan fingerprint density at radius 2 is 1.82 bits per heavy atom. The van der Waals surface area contributed by atoms with Gasteiger partial charge in [0.25, 0.3) is 5.91 Å². The zero-order chi connectivity index (χ0) is 23.8. The van der Waals surface area contributed by atoms with Crippen molar-refractivity contribution in [3.8, 4) is 17.2 Å². The number of nitrogens with one attached hydrogen (secondary N) is 3. The largest absolute Gasteiger partial charge is 0.497 e. The summed E-state index contributed by atoms with van der Waals surface area (Å²) in [6.07, 6.45) is 3.16. The van der Waals surface area contributed by atoms with Crippen molar-refractivity contribution in [2.45, 2.75) is 18.9 Å². The van der Waals surface area contributed by atoms with Crippen molar-refractivity contribution < 1.29 is 28.6 Å². The minimum atomic E-state index is -0.831. The number of methoxy groups -OCH3 is 2. The van der Waals surface area contributed by atoms with E-state index in [2.05, 4.69) is 21.2 Å². The molecule has 0 saturated heterocycles. The predicted octanol–water partition coefficient (Wildman–Crippen LogP) is 2.05.